The molecule has 1 heterocycles. The highest BCUT2D eigenvalue weighted by molar-refractivity contribution is 7.92. The van der Waals surface area contributed by atoms with Gasteiger partial charge in [0.2, 0.25) is 0 Å². The molecule has 0 amide bonds. The first kappa shape index (κ1) is 15.6. The Kier molecular flexibility index (Phi) is 4.69. The van der Waals surface area contributed by atoms with Gasteiger partial charge in [-0.15, -0.1) is 11.6 Å². The van der Waals surface area contributed by atoms with E-state index in [1.807, 2.05) is 0 Å². The SMILES string of the molecule is COc1cccc(N(C)S(=O)(=O)c2ccc(CCl)cn2)c1. The Morgan fingerprint density at radius 3 is 2.62 bits per heavy atom. The van der Waals surface area contributed by atoms with Crippen LogP contribution < -0.4 is 9.04 Å². The fourth-order valence-electron chi connectivity index (χ4n) is 1.73. The van der Waals surface area contributed by atoms with Crippen molar-refractivity contribution >= 4 is 27.3 Å². The molecule has 0 saturated carbocycles. The number of aromatic nitrogens is 1. The molecule has 0 fully saturated rings. The number of hydrogen-bond acceptors (Lipinski definition) is 4. The maximum absolute atomic E-state index is 12.5. The van der Waals surface area contributed by atoms with Crippen molar-refractivity contribution in [1.29, 1.82) is 0 Å². The van der Waals surface area contributed by atoms with Gasteiger partial charge in [0.25, 0.3) is 10.0 Å². The van der Waals surface area contributed by atoms with Gasteiger partial charge in [0.15, 0.2) is 5.03 Å². The van der Waals surface area contributed by atoms with E-state index < -0.39 is 10.0 Å². The van der Waals surface area contributed by atoms with Crippen LogP contribution >= 0.6 is 11.6 Å². The summed E-state index contributed by atoms with van der Waals surface area (Å²) in [6.07, 6.45) is 1.46. The predicted octanol–water partition coefficient (Wildman–Crippen LogP) is 2.65. The Balaban J connectivity index is 2.37. The lowest BCUT2D eigenvalue weighted by atomic mass is 10.3. The molecule has 0 bridgehead atoms. The maximum Gasteiger partial charge on any atom is 0.281 e. The quantitative estimate of drug-likeness (QED) is 0.793. The fraction of sp³-hybridized carbons (Fsp3) is 0.214. The number of hydrogen-bond donors (Lipinski definition) is 0. The van der Waals surface area contributed by atoms with Crippen LogP contribution in [0.2, 0.25) is 0 Å². The van der Waals surface area contributed by atoms with Crippen LogP contribution in [0.25, 0.3) is 0 Å². The Hall–Kier alpha value is -1.79. The molecule has 0 aliphatic heterocycles. The van der Waals surface area contributed by atoms with E-state index in [1.165, 1.54) is 26.4 Å². The predicted molar refractivity (Wildman–Crippen MR) is 82.4 cm³/mol. The van der Waals surface area contributed by atoms with Crippen molar-refractivity contribution in [3.63, 3.8) is 0 Å². The zero-order valence-electron chi connectivity index (χ0n) is 11.7. The summed E-state index contributed by atoms with van der Waals surface area (Å²) in [5.74, 6) is 0.874. The van der Waals surface area contributed by atoms with Gasteiger partial charge < -0.3 is 4.74 Å². The van der Waals surface area contributed by atoms with Gasteiger partial charge in [-0.1, -0.05) is 12.1 Å². The molecule has 0 atom stereocenters. The van der Waals surface area contributed by atoms with Crippen LogP contribution in [0.4, 0.5) is 5.69 Å². The molecule has 112 valence electrons. The number of methoxy groups -OCH3 is 1. The van der Waals surface area contributed by atoms with Crippen molar-refractivity contribution in [2.24, 2.45) is 0 Å². The number of rotatable bonds is 5. The topological polar surface area (TPSA) is 59.5 Å². The van der Waals surface area contributed by atoms with Gasteiger partial charge in [0.05, 0.1) is 12.8 Å². The van der Waals surface area contributed by atoms with Crippen LogP contribution in [0.15, 0.2) is 47.6 Å². The number of halogens is 1. The highest BCUT2D eigenvalue weighted by Gasteiger charge is 2.22. The smallest absolute Gasteiger partial charge is 0.281 e. The van der Waals surface area contributed by atoms with Crippen LogP contribution in [0.3, 0.4) is 0 Å². The molecule has 21 heavy (non-hydrogen) atoms. The minimum atomic E-state index is -3.72. The van der Waals surface area contributed by atoms with Crippen molar-refractivity contribution in [2.45, 2.75) is 10.9 Å². The third-order valence-electron chi connectivity index (χ3n) is 2.99. The molecule has 1 aromatic heterocycles. The molecule has 7 heteroatoms. The highest BCUT2D eigenvalue weighted by atomic mass is 35.5. The number of sulfonamides is 1. The maximum atomic E-state index is 12.5. The second-order valence-electron chi connectivity index (χ2n) is 4.31. The second kappa shape index (κ2) is 6.32. The van der Waals surface area contributed by atoms with E-state index in [0.29, 0.717) is 17.3 Å². The van der Waals surface area contributed by atoms with Gasteiger partial charge in [-0.05, 0) is 23.8 Å². The lowest BCUT2D eigenvalue weighted by Gasteiger charge is -2.19. The molecule has 1 aromatic carbocycles. The molecule has 0 aliphatic carbocycles. The normalized spacial score (nSPS) is 11.2. The Morgan fingerprint density at radius 1 is 1.29 bits per heavy atom. The lowest BCUT2D eigenvalue weighted by Crippen LogP contribution is -2.27. The summed E-state index contributed by atoms with van der Waals surface area (Å²) >= 11 is 5.67. The molecule has 2 aromatic rings. The number of benzene rings is 1. The third kappa shape index (κ3) is 3.28. The van der Waals surface area contributed by atoms with E-state index in [1.54, 1.807) is 30.3 Å². The summed E-state index contributed by atoms with van der Waals surface area (Å²) in [5, 5.41) is -0.0262. The van der Waals surface area contributed by atoms with E-state index in [0.717, 1.165) is 9.87 Å². The molecular weight excluding hydrogens is 312 g/mol. The average Bonchev–Trinajstić information content (AvgIpc) is 2.54. The minimum absolute atomic E-state index is 0.0262. The number of anilines is 1. The number of alkyl halides is 1. The Labute approximate surface area is 129 Å². The standard InChI is InChI=1S/C14H15ClN2O3S/c1-17(12-4-3-5-13(8-12)20-2)21(18,19)14-7-6-11(9-15)10-16-14/h3-8,10H,9H2,1-2H3. The minimum Gasteiger partial charge on any atom is -0.497 e. The molecule has 0 radical (unpaired) electrons. The number of pyridine rings is 1. The summed E-state index contributed by atoms with van der Waals surface area (Å²) in [7, 11) is -0.717. The van der Waals surface area contributed by atoms with Gasteiger partial charge in [0, 0.05) is 25.2 Å². The van der Waals surface area contributed by atoms with Crippen molar-refractivity contribution in [1.82, 2.24) is 4.98 Å². The molecule has 0 N–H and O–H groups in total. The lowest BCUT2D eigenvalue weighted by molar-refractivity contribution is 0.415. The molecular formula is C14H15ClN2O3S. The first-order chi connectivity index (χ1) is 9.98. The number of nitrogens with zero attached hydrogens (tertiary/aromatic N) is 2. The van der Waals surface area contributed by atoms with Crippen molar-refractivity contribution in [3.8, 4) is 5.75 Å². The summed E-state index contributed by atoms with van der Waals surface area (Å²) in [6.45, 7) is 0. The van der Waals surface area contributed by atoms with Crippen molar-refractivity contribution in [3.05, 3.63) is 48.2 Å². The molecule has 0 spiro atoms. The van der Waals surface area contributed by atoms with Crippen molar-refractivity contribution < 1.29 is 13.2 Å². The van der Waals surface area contributed by atoms with Crippen LogP contribution in [-0.2, 0) is 15.9 Å². The van der Waals surface area contributed by atoms with Gasteiger partial charge in [-0.25, -0.2) is 4.98 Å². The Bertz CT molecular complexity index is 717. The van der Waals surface area contributed by atoms with E-state index in [2.05, 4.69) is 4.98 Å². The monoisotopic (exact) mass is 326 g/mol. The van der Waals surface area contributed by atoms with Gasteiger partial charge in [0.1, 0.15) is 5.75 Å². The molecule has 0 saturated heterocycles. The van der Waals surface area contributed by atoms with E-state index in [4.69, 9.17) is 16.3 Å². The van der Waals surface area contributed by atoms with Crippen molar-refractivity contribution in [2.75, 3.05) is 18.5 Å². The second-order valence-corrected chi connectivity index (χ2v) is 6.50. The molecule has 5 nitrogen and oxygen atoms in total. The van der Waals surface area contributed by atoms with Crippen LogP contribution in [0.5, 0.6) is 5.75 Å². The summed E-state index contributed by atoms with van der Waals surface area (Å²) in [4.78, 5) is 3.97. The van der Waals surface area contributed by atoms with E-state index in [-0.39, 0.29) is 5.03 Å². The highest BCUT2D eigenvalue weighted by Crippen LogP contribution is 2.24. The van der Waals surface area contributed by atoms with Gasteiger partial charge in [-0.3, -0.25) is 4.31 Å². The average molecular weight is 327 g/mol. The molecule has 0 unspecified atom stereocenters. The molecule has 0 aliphatic rings. The first-order valence-corrected chi connectivity index (χ1v) is 8.10. The van der Waals surface area contributed by atoms with E-state index >= 15 is 0 Å². The third-order valence-corrected chi connectivity index (χ3v) is 5.00. The fourth-order valence-corrected chi connectivity index (χ4v) is 2.98. The van der Waals surface area contributed by atoms with Crippen LogP contribution in [-0.4, -0.2) is 27.6 Å². The summed E-state index contributed by atoms with van der Waals surface area (Å²) in [6, 6.07) is 9.90. The first-order valence-electron chi connectivity index (χ1n) is 6.13. The molecule has 2 rings (SSSR count). The van der Waals surface area contributed by atoms with Crippen LogP contribution in [0.1, 0.15) is 5.56 Å². The number of ether oxygens (including phenoxy) is 1. The largest absolute Gasteiger partial charge is 0.497 e. The summed E-state index contributed by atoms with van der Waals surface area (Å²) < 4.78 is 31.3. The summed E-state index contributed by atoms with van der Waals surface area (Å²) in [5.41, 5.74) is 1.26. The van der Waals surface area contributed by atoms with Gasteiger partial charge in [-0.2, -0.15) is 8.42 Å². The zero-order valence-corrected chi connectivity index (χ0v) is 13.2. The van der Waals surface area contributed by atoms with Gasteiger partial charge >= 0.3 is 0 Å². The van der Waals surface area contributed by atoms with Crippen LogP contribution in [0, 0.1) is 0 Å². The van der Waals surface area contributed by atoms with E-state index in [9.17, 15) is 8.42 Å². The Morgan fingerprint density at radius 2 is 2.05 bits per heavy atom. The zero-order chi connectivity index (χ0) is 15.5.